The fourth-order valence-electron chi connectivity index (χ4n) is 2.76. The van der Waals surface area contributed by atoms with E-state index in [-0.39, 0.29) is 5.17 Å². The Hall–Kier alpha value is -2.39. The largest absolute Gasteiger partial charge is 0.486 e. The summed E-state index contributed by atoms with van der Waals surface area (Å²) in [7, 11) is 1.78. The zero-order valence-corrected chi connectivity index (χ0v) is 13.4. The summed E-state index contributed by atoms with van der Waals surface area (Å²) in [5.41, 5.74) is 4.26. The molecule has 0 aliphatic rings. The normalized spacial score (nSPS) is 10.6. The van der Waals surface area contributed by atoms with Crippen molar-refractivity contribution in [3.8, 4) is 11.1 Å². The number of aryl methyl sites for hydroxylation is 1. The van der Waals surface area contributed by atoms with Gasteiger partial charge in [0.25, 0.3) is 5.17 Å². The van der Waals surface area contributed by atoms with E-state index in [2.05, 4.69) is 43.3 Å². The van der Waals surface area contributed by atoms with Crippen LogP contribution in [-0.2, 0) is 0 Å². The van der Waals surface area contributed by atoms with E-state index in [1.54, 1.807) is 11.9 Å². The second kappa shape index (κ2) is 5.78. The van der Waals surface area contributed by atoms with Crippen LogP contribution in [0.25, 0.3) is 21.9 Å². The lowest BCUT2D eigenvalue weighted by molar-refractivity contribution is 0.554. The third-order valence-electron chi connectivity index (χ3n) is 3.94. The minimum atomic E-state index is -0.132. The average molecular weight is 307 g/mol. The van der Waals surface area contributed by atoms with Crippen molar-refractivity contribution in [1.29, 1.82) is 0 Å². The van der Waals surface area contributed by atoms with Gasteiger partial charge in [-0.05, 0) is 53.2 Å². The first kappa shape index (κ1) is 14.5. The van der Waals surface area contributed by atoms with Crippen LogP contribution in [-0.4, -0.2) is 17.3 Å². The van der Waals surface area contributed by atoms with Gasteiger partial charge in [0.2, 0.25) is 0 Å². The second-order valence-electron chi connectivity index (χ2n) is 5.37. The van der Waals surface area contributed by atoms with Gasteiger partial charge in [0, 0.05) is 12.6 Å². The summed E-state index contributed by atoms with van der Waals surface area (Å²) in [5, 5.41) is 11.9. The minimum Gasteiger partial charge on any atom is -0.486 e. The average Bonchev–Trinajstić information content (AvgIpc) is 2.53. The molecule has 3 heteroatoms. The molecule has 0 saturated heterocycles. The first-order valence-corrected chi connectivity index (χ1v) is 7.54. The molecule has 1 N–H and O–H groups in total. The monoisotopic (exact) mass is 307 g/mol. The Balaban J connectivity index is 2.23. The SMILES string of the molecule is Cc1cccc(N(C)C(O)=S)c1-c1ccc2ccccc2c1. The summed E-state index contributed by atoms with van der Waals surface area (Å²) >= 11 is 4.91. The Kier molecular flexibility index (Phi) is 3.82. The number of aliphatic hydroxyl groups excluding tert-OH is 1. The molecule has 22 heavy (non-hydrogen) atoms. The number of nitrogens with zero attached hydrogens (tertiary/aromatic N) is 1. The molecule has 0 aromatic heterocycles. The number of rotatable bonds is 2. The Morgan fingerprint density at radius 1 is 0.955 bits per heavy atom. The molecule has 0 aliphatic carbocycles. The predicted molar refractivity (Wildman–Crippen MR) is 97.8 cm³/mol. The molecule has 0 atom stereocenters. The number of hydrogen-bond donors (Lipinski definition) is 1. The summed E-state index contributed by atoms with van der Waals surface area (Å²) in [6.07, 6.45) is 0. The van der Waals surface area contributed by atoms with Gasteiger partial charge in [-0.2, -0.15) is 0 Å². The molecule has 0 unspecified atom stereocenters. The lowest BCUT2D eigenvalue weighted by Crippen LogP contribution is -2.24. The molecule has 3 rings (SSSR count). The number of thiocarbonyl (C=S) groups is 1. The molecular weight excluding hydrogens is 290 g/mol. The minimum absolute atomic E-state index is 0.132. The van der Waals surface area contributed by atoms with Gasteiger partial charge in [0.15, 0.2) is 0 Å². The summed E-state index contributed by atoms with van der Waals surface area (Å²) in [6.45, 7) is 2.07. The van der Waals surface area contributed by atoms with Crippen LogP contribution in [0.3, 0.4) is 0 Å². The van der Waals surface area contributed by atoms with E-state index in [0.717, 1.165) is 22.4 Å². The van der Waals surface area contributed by atoms with Crippen LogP contribution < -0.4 is 4.90 Å². The summed E-state index contributed by atoms with van der Waals surface area (Å²) in [6, 6.07) is 20.7. The number of aliphatic hydroxyl groups is 1. The van der Waals surface area contributed by atoms with Gasteiger partial charge in [-0.1, -0.05) is 48.5 Å². The quantitative estimate of drug-likeness (QED) is 0.667. The molecule has 0 spiro atoms. The highest BCUT2D eigenvalue weighted by molar-refractivity contribution is 7.80. The van der Waals surface area contributed by atoms with Gasteiger partial charge in [-0.3, -0.25) is 0 Å². The van der Waals surface area contributed by atoms with Gasteiger partial charge >= 0.3 is 0 Å². The van der Waals surface area contributed by atoms with E-state index in [1.165, 1.54) is 10.8 Å². The van der Waals surface area contributed by atoms with Crippen molar-refractivity contribution in [3.05, 3.63) is 66.2 Å². The molecule has 0 bridgehead atoms. The van der Waals surface area contributed by atoms with Gasteiger partial charge in [-0.25, -0.2) is 0 Å². The molecule has 0 aliphatic heterocycles. The molecular formula is C19H17NOS. The maximum absolute atomic E-state index is 9.67. The van der Waals surface area contributed by atoms with Gasteiger partial charge in [0.05, 0.1) is 5.69 Å². The zero-order chi connectivity index (χ0) is 15.7. The van der Waals surface area contributed by atoms with E-state index >= 15 is 0 Å². The summed E-state index contributed by atoms with van der Waals surface area (Å²) in [5.74, 6) is 0. The molecule has 2 nitrogen and oxygen atoms in total. The van der Waals surface area contributed by atoms with Crippen molar-refractivity contribution in [2.45, 2.75) is 6.92 Å². The Bertz CT molecular complexity index is 857. The van der Waals surface area contributed by atoms with Crippen molar-refractivity contribution in [1.82, 2.24) is 0 Å². The van der Waals surface area contributed by atoms with E-state index in [9.17, 15) is 5.11 Å². The van der Waals surface area contributed by atoms with E-state index in [1.807, 2.05) is 24.3 Å². The Labute approximate surface area is 135 Å². The second-order valence-corrected chi connectivity index (χ2v) is 5.74. The maximum Gasteiger partial charge on any atom is 0.261 e. The van der Waals surface area contributed by atoms with Crippen LogP contribution in [0.15, 0.2) is 60.7 Å². The molecule has 0 fully saturated rings. The van der Waals surface area contributed by atoms with Gasteiger partial charge < -0.3 is 10.0 Å². The molecule has 3 aromatic carbocycles. The van der Waals surface area contributed by atoms with E-state index in [0.29, 0.717) is 0 Å². The third kappa shape index (κ3) is 2.55. The van der Waals surface area contributed by atoms with Crippen molar-refractivity contribution in [2.75, 3.05) is 11.9 Å². The predicted octanol–water partition coefficient (Wildman–Crippen LogP) is 5.09. The lowest BCUT2D eigenvalue weighted by atomic mass is 9.96. The topological polar surface area (TPSA) is 23.5 Å². The highest BCUT2D eigenvalue weighted by Crippen LogP contribution is 2.35. The lowest BCUT2D eigenvalue weighted by Gasteiger charge is -2.21. The molecule has 0 heterocycles. The summed E-state index contributed by atoms with van der Waals surface area (Å²) in [4.78, 5) is 1.63. The zero-order valence-electron chi connectivity index (χ0n) is 12.6. The van der Waals surface area contributed by atoms with Crippen LogP contribution >= 0.6 is 12.2 Å². The highest BCUT2D eigenvalue weighted by atomic mass is 32.1. The van der Waals surface area contributed by atoms with Crippen LogP contribution in [0.2, 0.25) is 0 Å². The molecule has 3 aromatic rings. The number of fused-ring (bicyclic) bond motifs is 1. The molecule has 110 valence electrons. The van der Waals surface area contributed by atoms with Gasteiger partial charge in [-0.15, -0.1) is 0 Å². The fourth-order valence-corrected chi connectivity index (χ4v) is 2.85. The highest BCUT2D eigenvalue weighted by Gasteiger charge is 2.14. The summed E-state index contributed by atoms with van der Waals surface area (Å²) < 4.78 is 0. The van der Waals surface area contributed by atoms with Crippen molar-refractivity contribution in [3.63, 3.8) is 0 Å². The maximum atomic E-state index is 9.67. The van der Waals surface area contributed by atoms with E-state index in [4.69, 9.17) is 12.2 Å². The first-order chi connectivity index (χ1) is 10.6. The number of anilines is 1. The van der Waals surface area contributed by atoms with Crippen molar-refractivity contribution in [2.24, 2.45) is 0 Å². The number of hydrogen-bond acceptors (Lipinski definition) is 1. The fraction of sp³-hybridized carbons (Fsp3) is 0.105. The first-order valence-electron chi connectivity index (χ1n) is 7.13. The standard InChI is InChI=1S/C19H17NOS/c1-13-6-5-9-17(20(2)19(21)22)18(13)16-11-10-14-7-3-4-8-15(14)12-16/h3-12H,1-2H3,(H,21,22). The number of benzene rings is 3. The molecule has 0 saturated carbocycles. The Morgan fingerprint density at radius 3 is 2.41 bits per heavy atom. The van der Waals surface area contributed by atoms with Crippen LogP contribution in [0.1, 0.15) is 5.56 Å². The van der Waals surface area contributed by atoms with Crippen LogP contribution in [0, 0.1) is 6.92 Å². The molecule has 0 radical (unpaired) electrons. The van der Waals surface area contributed by atoms with Crippen molar-refractivity contribution >= 4 is 33.9 Å². The van der Waals surface area contributed by atoms with E-state index < -0.39 is 0 Å². The van der Waals surface area contributed by atoms with Gasteiger partial charge in [0.1, 0.15) is 0 Å². The molecule has 0 amide bonds. The van der Waals surface area contributed by atoms with Crippen LogP contribution in [0.5, 0.6) is 0 Å². The smallest absolute Gasteiger partial charge is 0.261 e. The van der Waals surface area contributed by atoms with Crippen LogP contribution in [0.4, 0.5) is 5.69 Å². The van der Waals surface area contributed by atoms with Crippen molar-refractivity contribution < 1.29 is 5.11 Å². The third-order valence-corrected chi connectivity index (χ3v) is 4.21. The Morgan fingerprint density at radius 2 is 1.68 bits per heavy atom.